The Morgan fingerprint density at radius 2 is 1.92 bits per heavy atom. The molecule has 0 aromatic heterocycles. The average molecular weight is 386 g/mol. The van der Waals surface area contributed by atoms with Crippen LogP contribution in [0.25, 0.3) is 0 Å². The van der Waals surface area contributed by atoms with Crippen molar-refractivity contribution in [2.45, 2.75) is 31.7 Å². The monoisotopic (exact) mass is 385 g/mol. The Bertz CT molecular complexity index is 588. The lowest BCUT2D eigenvalue weighted by Gasteiger charge is -2.33. The smallest absolute Gasteiger partial charge is 0.253 e. The summed E-state index contributed by atoms with van der Waals surface area (Å²) < 4.78 is 0. The summed E-state index contributed by atoms with van der Waals surface area (Å²) in [6, 6.07) is 7.14. The van der Waals surface area contributed by atoms with Crippen LogP contribution in [0.2, 0.25) is 5.02 Å². The van der Waals surface area contributed by atoms with Crippen LogP contribution in [0.15, 0.2) is 24.3 Å². The molecule has 1 aromatic rings. The Labute approximate surface area is 159 Å². The number of likely N-dealkylation sites (tertiary alicyclic amines) is 1. The van der Waals surface area contributed by atoms with Crippen LogP contribution in [0.1, 0.15) is 36.0 Å². The Morgan fingerprint density at radius 3 is 2.60 bits per heavy atom. The highest BCUT2D eigenvalue weighted by atomic mass is 35.5. The molecule has 3 rings (SSSR count). The van der Waals surface area contributed by atoms with E-state index in [4.69, 9.17) is 11.6 Å². The van der Waals surface area contributed by atoms with E-state index in [0.29, 0.717) is 23.7 Å². The number of carbonyl (C=O) groups is 2. The first kappa shape index (κ1) is 20.0. The van der Waals surface area contributed by atoms with Gasteiger partial charge in [0.1, 0.15) is 0 Å². The number of halogens is 2. The van der Waals surface area contributed by atoms with Crippen molar-refractivity contribution >= 4 is 35.8 Å². The number of nitrogens with one attached hydrogen (secondary N) is 2. The first-order chi connectivity index (χ1) is 11.6. The fourth-order valence-corrected chi connectivity index (χ4v) is 3.57. The molecule has 5 nitrogen and oxygen atoms in total. The van der Waals surface area contributed by atoms with E-state index in [0.717, 1.165) is 38.8 Å². The van der Waals surface area contributed by atoms with Gasteiger partial charge in [-0.3, -0.25) is 9.59 Å². The fraction of sp³-hybridized carbons (Fsp3) is 0.556. The van der Waals surface area contributed by atoms with Crippen molar-refractivity contribution in [2.24, 2.45) is 5.92 Å². The Kier molecular flexibility index (Phi) is 7.54. The second-order valence-corrected chi connectivity index (χ2v) is 7.09. The van der Waals surface area contributed by atoms with E-state index in [9.17, 15) is 9.59 Å². The van der Waals surface area contributed by atoms with Crippen LogP contribution in [0.5, 0.6) is 0 Å². The molecule has 2 unspecified atom stereocenters. The van der Waals surface area contributed by atoms with Gasteiger partial charge in [-0.2, -0.15) is 0 Å². The van der Waals surface area contributed by atoms with Crippen molar-refractivity contribution in [1.82, 2.24) is 15.5 Å². The summed E-state index contributed by atoms with van der Waals surface area (Å²) in [7, 11) is 0. The highest BCUT2D eigenvalue weighted by Gasteiger charge is 2.30. The van der Waals surface area contributed by atoms with Gasteiger partial charge in [-0.25, -0.2) is 0 Å². The molecule has 0 saturated carbocycles. The first-order valence-corrected chi connectivity index (χ1v) is 9.07. The number of nitrogens with zero attached hydrogens (tertiary/aromatic N) is 1. The van der Waals surface area contributed by atoms with Gasteiger partial charge in [0, 0.05) is 36.3 Å². The molecule has 7 heteroatoms. The molecule has 0 bridgehead atoms. The van der Waals surface area contributed by atoms with E-state index in [2.05, 4.69) is 10.6 Å². The summed E-state index contributed by atoms with van der Waals surface area (Å²) in [4.78, 5) is 26.9. The standard InChI is InChI=1S/C18H24ClN3O2.ClH/c19-15-7-5-13(6-8-15)18(24)22-10-2-3-14(12-22)17(23)21-16-4-1-9-20-11-16;/h5-8,14,16,20H,1-4,9-12H2,(H,21,23);1H. The molecule has 2 N–H and O–H groups in total. The van der Waals surface area contributed by atoms with Crippen molar-refractivity contribution in [3.63, 3.8) is 0 Å². The van der Waals surface area contributed by atoms with Gasteiger partial charge < -0.3 is 15.5 Å². The molecule has 2 amide bonds. The van der Waals surface area contributed by atoms with E-state index in [1.54, 1.807) is 29.2 Å². The molecule has 2 heterocycles. The minimum atomic E-state index is -0.114. The molecule has 2 atom stereocenters. The molecule has 0 radical (unpaired) electrons. The van der Waals surface area contributed by atoms with Crippen LogP contribution >= 0.6 is 24.0 Å². The van der Waals surface area contributed by atoms with Gasteiger partial charge in [0.2, 0.25) is 5.91 Å². The normalized spacial score (nSPS) is 23.5. The third kappa shape index (κ3) is 5.33. The SMILES string of the molecule is Cl.O=C(NC1CCCNC1)C1CCCN(C(=O)c2ccc(Cl)cc2)C1. The summed E-state index contributed by atoms with van der Waals surface area (Å²) in [6.45, 7) is 3.06. The zero-order valence-corrected chi connectivity index (χ0v) is 15.7. The van der Waals surface area contributed by atoms with Gasteiger partial charge in [0.05, 0.1) is 5.92 Å². The number of amides is 2. The summed E-state index contributed by atoms with van der Waals surface area (Å²) in [5.41, 5.74) is 0.622. The molecule has 2 fully saturated rings. The molecule has 2 saturated heterocycles. The molecular weight excluding hydrogens is 361 g/mol. The van der Waals surface area contributed by atoms with Gasteiger partial charge in [-0.15, -0.1) is 12.4 Å². The fourth-order valence-electron chi connectivity index (χ4n) is 3.44. The van der Waals surface area contributed by atoms with E-state index in [1.807, 2.05) is 0 Å². The van der Waals surface area contributed by atoms with Crippen LogP contribution < -0.4 is 10.6 Å². The number of benzene rings is 1. The highest BCUT2D eigenvalue weighted by Crippen LogP contribution is 2.20. The number of hydrogen-bond acceptors (Lipinski definition) is 3. The summed E-state index contributed by atoms with van der Waals surface area (Å²) in [5, 5.41) is 7.06. The largest absolute Gasteiger partial charge is 0.352 e. The molecule has 2 aliphatic heterocycles. The van der Waals surface area contributed by atoms with Crippen LogP contribution in [-0.2, 0) is 4.79 Å². The molecule has 1 aromatic carbocycles. The van der Waals surface area contributed by atoms with E-state index in [1.165, 1.54) is 0 Å². The van der Waals surface area contributed by atoms with Gasteiger partial charge in [0.15, 0.2) is 0 Å². The number of carbonyl (C=O) groups excluding carboxylic acids is 2. The van der Waals surface area contributed by atoms with Crippen molar-refractivity contribution in [1.29, 1.82) is 0 Å². The second-order valence-electron chi connectivity index (χ2n) is 6.65. The lowest BCUT2D eigenvalue weighted by molar-refractivity contribution is -0.127. The zero-order valence-electron chi connectivity index (χ0n) is 14.2. The minimum absolute atomic E-state index is 0. The Hall–Kier alpha value is -1.30. The first-order valence-electron chi connectivity index (χ1n) is 8.69. The van der Waals surface area contributed by atoms with Gasteiger partial charge in [0.25, 0.3) is 5.91 Å². The molecule has 0 spiro atoms. The minimum Gasteiger partial charge on any atom is -0.352 e. The van der Waals surface area contributed by atoms with E-state index in [-0.39, 0.29) is 36.2 Å². The molecular formula is C18H25Cl2N3O2. The molecule has 25 heavy (non-hydrogen) atoms. The maximum absolute atomic E-state index is 12.6. The summed E-state index contributed by atoms with van der Waals surface area (Å²) >= 11 is 5.88. The lowest BCUT2D eigenvalue weighted by atomic mass is 9.95. The van der Waals surface area contributed by atoms with Crippen LogP contribution in [0.3, 0.4) is 0 Å². The Morgan fingerprint density at radius 1 is 1.16 bits per heavy atom. The van der Waals surface area contributed by atoms with E-state index >= 15 is 0 Å². The van der Waals surface area contributed by atoms with Gasteiger partial charge in [-0.05, 0) is 56.5 Å². The Balaban J connectivity index is 0.00000225. The van der Waals surface area contributed by atoms with Crippen molar-refractivity contribution in [3.8, 4) is 0 Å². The van der Waals surface area contributed by atoms with Crippen molar-refractivity contribution < 1.29 is 9.59 Å². The second kappa shape index (κ2) is 9.41. The van der Waals surface area contributed by atoms with Crippen molar-refractivity contribution in [2.75, 3.05) is 26.2 Å². The number of rotatable bonds is 3. The topological polar surface area (TPSA) is 61.4 Å². The van der Waals surface area contributed by atoms with Crippen LogP contribution in [0.4, 0.5) is 0 Å². The lowest BCUT2D eigenvalue weighted by Crippen LogP contribution is -2.51. The highest BCUT2D eigenvalue weighted by molar-refractivity contribution is 6.30. The van der Waals surface area contributed by atoms with Crippen molar-refractivity contribution in [3.05, 3.63) is 34.9 Å². The molecule has 2 aliphatic rings. The predicted molar refractivity (Wildman–Crippen MR) is 101 cm³/mol. The van der Waals surface area contributed by atoms with Crippen LogP contribution in [-0.4, -0.2) is 48.9 Å². The quantitative estimate of drug-likeness (QED) is 0.839. The number of piperidine rings is 2. The maximum atomic E-state index is 12.6. The van der Waals surface area contributed by atoms with Crippen LogP contribution in [0, 0.1) is 5.92 Å². The van der Waals surface area contributed by atoms with Gasteiger partial charge >= 0.3 is 0 Å². The summed E-state index contributed by atoms with van der Waals surface area (Å²) in [5.74, 6) is -0.0577. The van der Waals surface area contributed by atoms with Gasteiger partial charge in [-0.1, -0.05) is 11.6 Å². The molecule has 0 aliphatic carbocycles. The molecule has 138 valence electrons. The third-order valence-electron chi connectivity index (χ3n) is 4.81. The van der Waals surface area contributed by atoms with E-state index < -0.39 is 0 Å². The summed E-state index contributed by atoms with van der Waals surface area (Å²) in [6.07, 6.45) is 3.83. The zero-order chi connectivity index (χ0) is 16.9. The number of hydrogen-bond donors (Lipinski definition) is 2. The maximum Gasteiger partial charge on any atom is 0.253 e. The third-order valence-corrected chi connectivity index (χ3v) is 5.07. The average Bonchev–Trinajstić information content (AvgIpc) is 2.63. The predicted octanol–water partition coefficient (Wildman–Crippen LogP) is 2.48.